The van der Waals surface area contributed by atoms with Crippen molar-refractivity contribution < 1.29 is 4.79 Å². The summed E-state index contributed by atoms with van der Waals surface area (Å²) >= 11 is 1.89. The molecular formula is C24H43NOS. The summed E-state index contributed by atoms with van der Waals surface area (Å²) in [5.74, 6) is 2.63. The van der Waals surface area contributed by atoms with Crippen LogP contribution in [0.2, 0.25) is 0 Å². The van der Waals surface area contributed by atoms with Gasteiger partial charge in [0.15, 0.2) is 0 Å². The summed E-state index contributed by atoms with van der Waals surface area (Å²) in [5, 5.41) is 3.13. The first-order chi connectivity index (χ1) is 12.6. The Labute approximate surface area is 173 Å². The van der Waals surface area contributed by atoms with Gasteiger partial charge in [0.2, 0.25) is 5.91 Å². The lowest BCUT2D eigenvalue weighted by Crippen LogP contribution is -2.39. The van der Waals surface area contributed by atoms with Gasteiger partial charge in [0, 0.05) is 23.5 Å². The van der Waals surface area contributed by atoms with Crippen LogP contribution in [0.25, 0.3) is 0 Å². The molecule has 0 aromatic carbocycles. The summed E-state index contributed by atoms with van der Waals surface area (Å²) in [4.78, 5) is 12.1. The molecule has 0 heterocycles. The van der Waals surface area contributed by atoms with Gasteiger partial charge in [-0.05, 0) is 66.2 Å². The number of hydrogen-bond donors (Lipinski definition) is 1. The Balaban J connectivity index is 3.99. The second kappa shape index (κ2) is 15.0. The molecule has 2 atom stereocenters. The summed E-state index contributed by atoms with van der Waals surface area (Å²) in [5.41, 5.74) is 4.36. The topological polar surface area (TPSA) is 29.1 Å². The molecule has 0 bridgehead atoms. The van der Waals surface area contributed by atoms with Gasteiger partial charge in [0.25, 0.3) is 0 Å². The van der Waals surface area contributed by atoms with Crippen LogP contribution in [-0.2, 0) is 4.79 Å². The molecule has 0 aliphatic carbocycles. The molecule has 0 saturated heterocycles. The normalized spacial score (nSPS) is 14.9. The van der Waals surface area contributed by atoms with Gasteiger partial charge >= 0.3 is 0 Å². The van der Waals surface area contributed by atoms with E-state index in [2.05, 4.69) is 72.0 Å². The minimum atomic E-state index is 0.0816. The molecule has 0 fully saturated rings. The smallest absolute Gasteiger partial charge is 0.223 e. The van der Waals surface area contributed by atoms with Gasteiger partial charge in [-0.2, -0.15) is 11.8 Å². The molecule has 0 rings (SSSR count). The maximum absolute atomic E-state index is 12.1. The predicted octanol–water partition coefficient (Wildman–Crippen LogP) is 6.94. The minimum absolute atomic E-state index is 0.0816. The third kappa shape index (κ3) is 14.7. The van der Waals surface area contributed by atoms with Crippen LogP contribution in [0.1, 0.15) is 81.1 Å². The molecule has 156 valence electrons. The van der Waals surface area contributed by atoms with Crippen LogP contribution in [0.5, 0.6) is 0 Å². The quantitative estimate of drug-likeness (QED) is 0.271. The number of amides is 1. The zero-order valence-electron chi connectivity index (χ0n) is 19.0. The molecule has 3 heteroatoms. The largest absolute Gasteiger partial charge is 0.353 e. The maximum atomic E-state index is 12.1. The van der Waals surface area contributed by atoms with Crippen LogP contribution in [0.15, 0.2) is 34.9 Å². The van der Waals surface area contributed by atoms with Gasteiger partial charge in [0.05, 0.1) is 0 Å². The van der Waals surface area contributed by atoms with Crippen molar-refractivity contribution >= 4 is 17.7 Å². The average Bonchev–Trinajstić information content (AvgIpc) is 2.57. The van der Waals surface area contributed by atoms with Crippen LogP contribution in [0, 0.1) is 11.8 Å². The van der Waals surface area contributed by atoms with Crippen LogP contribution in [0.4, 0.5) is 0 Å². The second-order valence-corrected chi connectivity index (χ2v) is 9.51. The van der Waals surface area contributed by atoms with E-state index in [1.54, 1.807) is 0 Å². The fourth-order valence-electron chi connectivity index (χ4n) is 2.50. The van der Waals surface area contributed by atoms with E-state index >= 15 is 0 Å². The summed E-state index contributed by atoms with van der Waals surface area (Å²) in [6, 6.07) is 0.226. The fraction of sp³-hybridized carbons (Fsp3) is 0.708. The third-order valence-electron chi connectivity index (χ3n) is 4.84. The number of carbonyl (C=O) groups excluding carboxylic acids is 1. The summed E-state index contributed by atoms with van der Waals surface area (Å²) in [6.45, 7) is 17.1. The monoisotopic (exact) mass is 393 g/mol. The Kier molecular flexibility index (Phi) is 14.5. The fourth-order valence-corrected chi connectivity index (χ4v) is 3.48. The van der Waals surface area contributed by atoms with Crippen LogP contribution >= 0.6 is 11.8 Å². The van der Waals surface area contributed by atoms with E-state index in [1.165, 1.54) is 23.1 Å². The highest BCUT2D eigenvalue weighted by atomic mass is 32.2. The van der Waals surface area contributed by atoms with Crippen LogP contribution in [-0.4, -0.2) is 23.5 Å². The van der Waals surface area contributed by atoms with E-state index in [4.69, 9.17) is 0 Å². The molecule has 1 amide bonds. The average molecular weight is 394 g/mol. The maximum Gasteiger partial charge on any atom is 0.223 e. The molecule has 0 spiro atoms. The molecule has 1 N–H and O–H groups in total. The molecule has 0 aromatic rings. The number of rotatable bonds is 13. The van der Waals surface area contributed by atoms with Gasteiger partial charge in [0.1, 0.15) is 0 Å². The molecule has 0 radical (unpaired) electrons. The van der Waals surface area contributed by atoms with E-state index in [1.807, 2.05) is 18.7 Å². The number of hydrogen-bond acceptors (Lipinski definition) is 2. The molecule has 0 saturated carbocycles. The SMILES string of the molecule is CC(C)=CCC/C(C)=C/CC/C(C)=C/CSCC(C)NC(=O)C(C)C(C)C. The summed E-state index contributed by atoms with van der Waals surface area (Å²) in [6.07, 6.45) is 11.6. The van der Waals surface area contributed by atoms with E-state index in [0.29, 0.717) is 5.92 Å². The van der Waals surface area contributed by atoms with Gasteiger partial charge in [-0.3, -0.25) is 4.79 Å². The number of carbonyl (C=O) groups is 1. The third-order valence-corrected chi connectivity index (χ3v) is 5.98. The van der Waals surface area contributed by atoms with Crippen molar-refractivity contribution in [3.05, 3.63) is 34.9 Å². The van der Waals surface area contributed by atoms with E-state index in [9.17, 15) is 4.79 Å². The van der Waals surface area contributed by atoms with E-state index in [-0.39, 0.29) is 17.9 Å². The Morgan fingerprint density at radius 3 is 2.00 bits per heavy atom. The highest BCUT2D eigenvalue weighted by Crippen LogP contribution is 2.14. The molecule has 0 aliphatic rings. The van der Waals surface area contributed by atoms with Gasteiger partial charge < -0.3 is 5.32 Å². The lowest BCUT2D eigenvalue weighted by molar-refractivity contribution is -0.126. The number of allylic oxidation sites excluding steroid dienone is 5. The Hall–Kier alpha value is -0.960. The van der Waals surface area contributed by atoms with Crippen LogP contribution in [0.3, 0.4) is 0 Å². The van der Waals surface area contributed by atoms with Gasteiger partial charge in [-0.15, -0.1) is 0 Å². The Morgan fingerprint density at radius 1 is 0.889 bits per heavy atom. The van der Waals surface area contributed by atoms with E-state index in [0.717, 1.165) is 30.8 Å². The van der Waals surface area contributed by atoms with Gasteiger partial charge in [-0.25, -0.2) is 0 Å². The zero-order valence-corrected chi connectivity index (χ0v) is 19.8. The van der Waals surface area contributed by atoms with Crippen molar-refractivity contribution in [3.8, 4) is 0 Å². The first kappa shape index (κ1) is 26.0. The lowest BCUT2D eigenvalue weighted by atomic mass is 9.97. The first-order valence-corrected chi connectivity index (χ1v) is 11.6. The summed E-state index contributed by atoms with van der Waals surface area (Å²) < 4.78 is 0. The van der Waals surface area contributed by atoms with Crippen LogP contribution < -0.4 is 5.32 Å². The van der Waals surface area contributed by atoms with Crippen molar-refractivity contribution in [3.63, 3.8) is 0 Å². The standard InChI is InChI=1S/C24H43NOS/c1-18(2)11-9-12-20(5)13-10-14-21(6)15-16-27-17-22(7)25-24(26)23(8)19(3)4/h11,13,15,19,22-23H,9-10,12,14,16-17H2,1-8H3,(H,25,26)/b20-13+,21-15+. The summed E-state index contributed by atoms with van der Waals surface area (Å²) in [7, 11) is 0. The van der Waals surface area contributed by atoms with E-state index < -0.39 is 0 Å². The molecule has 27 heavy (non-hydrogen) atoms. The van der Waals surface area contributed by atoms with Gasteiger partial charge in [-0.1, -0.05) is 55.7 Å². The predicted molar refractivity (Wildman–Crippen MR) is 124 cm³/mol. The number of thioether (sulfide) groups is 1. The highest BCUT2D eigenvalue weighted by Gasteiger charge is 2.17. The highest BCUT2D eigenvalue weighted by molar-refractivity contribution is 7.99. The molecule has 0 aliphatic heterocycles. The molecular weight excluding hydrogens is 350 g/mol. The molecule has 0 aromatic heterocycles. The minimum Gasteiger partial charge on any atom is -0.353 e. The van der Waals surface area contributed by atoms with Crippen molar-refractivity contribution in [2.75, 3.05) is 11.5 Å². The Bertz CT molecular complexity index is 512. The number of nitrogens with one attached hydrogen (secondary N) is 1. The first-order valence-electron chi connectivity index (χ1n) is 10.5. The Morgan fingerprint density at radius 2 is 1.44 bits per heavy atom. The van der Waals surface area contributed by atoms with Crippen molar-refractivity contribution in [1.82, 2.24) is 5.32 Å². The zero-order chi connectivity index (χ0) is 20.8. The van der Waals surface area contributed by atoms with Crippen molar-refractivity contribution in [2.45, 2.75) is 87.1 Å². The van der Waals surface area contributed by atoms with Crippen molar-refractivity contribution in [1.29, 1.82) is 0 Å². The molecule has 2 unspecified atom stereocenters. The second-order valence-electron chi connectivity index (χ2n) is 8.44. The molecule has 2 nitrogen and oxygen atoms in total. The lowest BCUT2D eigenvalue weighted by Gasteiger charge is -2.19. The van der Waals surface area contributed by atoms with Crippen molar-refractivity contribution in [2.24, 2.45) is 11.8 Å².